The summed E-state index contributed by atoms with van der Waals surface area (Å²) in [4.78, 5) is 22.4. The predicted octanol–water partition coefficient (Wildman–Crippen LogP) is 3.56. The average molecular weight is 351 g/mol. The third kappa shape index (κ3) is 4.87. The number of halogens is 2. The van der Waals surface area contributed by atoms with Crippen LogP contribution in [0.2, 0.25) is 0 Å². The third-order valence-corrected chi connectivity index (χ3v) is 3.32. The normalized spacial score (nSPS) is 10.4. The van der Waals surface area contributed by atoms with Crippen LogP contribution in [0.3, 0.4) is 0 Å². The molecule has 0 spiro atoms. The van der Waals surface area contributed by atoms with Crippen LogP contribution in [0.25, 0.3) is 0 Å². The van der Waals surface area contributed by atoms with Gasteiger partial charge in [-0.15, -0.1) is 0 Å². The van der Waals surface area contributed by atoms with Gasteiger partial charge in [0.1, 0.15) is 5.75 Å². The Morgan fingerprint density at radius 2 is 1.88 bits per heavy atom. The fourth-order valence-corrected chi connectivity index (χ4v) is 2.14. The van der Waals surface area contributed by atoms with Gasteiger partial charge in [0.05, 0.1) is 28.4 Å². The smallest absolute Gasteiger partial charge is 0.387 e. The van der Waals surface area contributed by atoms with E-state index in [1.807, 2.05) is 0 Å². The Bertz CT molecular complexity index is 784. The number of carbonyl (C=O) groups is 1. The minimum atomic E-state index is -2.98. The first-order valence-corrected chi connectivity index (χ1v) is 7.20. The second kappa shape index (κ2) is 8.04. The summed E-state index contributed by atoms with van der Waals surface area (Å²) >= 11 is 0. The summed E-state index contributed by atoms with van der Waals surface area (Å²) in [5, 5.41) is 16.1. The fourth-order valence-electron chi connectivity index (χ4n) is 2.14. The molecular formula is C16H15F2N3O4. The van der Waals surface area contributed by atoms with Crippen LogP contribution in [0.4, 0.5) is 25.8 Å². The maximum atomic E-state index is 12.4. The molecule has 0 unspecified atom stereocenters. The standard InChI is InChI=1S/C16H15F2N3O4/c1-10-11(6-4-7-13(10)21(23)24)20-15(22)9-19-12-5-2-3-8-14(12)25-16(17)18/h2-8,16,19H,9H2,1H3,(H,20,22). The van der Waals surface area contributed by atoms with Crippen molar-refractivity contribution < 1.29 is 23.2 Å². The van der Waals surface area contributed by atoms with Gasteiger partial charge < -0.3 is 15.4 Å². The highest BCUT2D eigenvalue weighted by atomic mass is 19.3. The monoisotopic (exact) mass is 351 g/mol. The Morgan fingerprint density at radius 3 is 2.56 bits per heavy atom. The number of nitro groups is 1. The number of hydrogen-bond donors (Lipinski definition) is 2. The first-order chi connectivity index (χ1) is 11.9. The van der Waals surface area contributed by atoms with E-state index in [0.717, 1.165) is 0 Å². The summed E-state index contributed by atoms with van der Waals surface area (Å²) < 4.78 is 29.1. The molecule has 0 heterocycles. The van der Waals surface area contributed by atoms with E-state index in [4.69, 9.17) is 0 Å². The SMILES string of the molecule is Cc1c(NC(=O)CNc2ccccc2OC(F)F)cccc1[N+](=O)[O-]. The topological polar surface area (TPSA) is 93.5 Å². The molecule has 0 bridgehead atoms. The van der Waals surface area contributed by atoms with Crippen molar-refractivity contribution in [2.75, 3.05) is 17.2 Å². The van der Waals surface area contributed by atoms with Crippen molar-refractivity contribution in [1.82, 2.24) is 0 Å². The van der Waals surface area contributed by atoms with Gasteiger partial charge in [-0.25, -0.2) is 0 Å². The van der Waals surface area contributed by atoms with E-state index in [9.17, 15) is 23.7 Å². The van der Waals surface area contributed by atoms with Crippen molar-refractivity contribution in [2.45, 2.75) is 13.5 Å². The van der Waals surface area contributed by atoms with Crippen LogP contribution in [0.1, 0.15) is 5.56 Å². The first-order valence-electron chi connectivity index (χ1n) is 7.20. The maximum Gasteiger partial charge on any atom is 0.387 e. The van der Waals surface area contributed by atoms with Gasteiger partial charge in [0.15, 0.2) is 0 Å². The van der Waals surface area contributed by atoms with E-state index in [2.05, 4.69) is 15.4 Å². The fraction of sp³-hybridized carbons (Fsp3) is 0.188. The molecule has 0 fully saturated rings. The lowest BCUT2D eigenvalue weighted by atomic mass is 10.1. The molecule has 132 valence electrons. The lowest BCUT2D eigenvalue weighted by molar-refractivity contribution is -0.385. The molecule has 0 aliphatic carbocycles. The van der Waals surface area contributed by atoms with Gasteiger partial charge in [0.2, 0.25) is 5.91 Å². The molecule has 0 aliphatic rings. The molecule has 25 heavy (non-hydrogen) atoms. The minimum Gasteiger partial charge on any atom is -0.433 e. The summed E-state index contributed by atoms with van der Waals surface area (Å²) in [5.41, 5.74) is 0.746. The number of ether oxygens (including phenoxy) is 1. The molecule has 0 aromatic heterocycles. The van der Waals surface area contributed by atoms with Crippen molar-refractivity contribution in [3.8, 4) is 5.75 Å². The molecule has 9 heteroatoms. The van der Waals surface area contributed by atoms with Crippen LogP contribution in [-0.4, -0.2) is 24.0 Å². The van der Waals surface area contributed by atoms with Crippen molar-refractivity contribution >= 4 is 23.0 Å². The zero-order valence-electron chi connectivity index (χ0n) is 13.2. The number of amides is 1. The third-order valence-electron chi connectivity index (χ3n) is 3.32. The van der Waals surface area contributed by atoms with Gasteiger partial charge in [0, 0.05) is 6.07 Å². The lowest BCUT2D eigenvalue weighted by Gasteiger charge is -2.13. The van der Waals surface area contributed by atoms with Crippen molar-refractivity contribution in [3.63, 3.8) is 0 Å². The van der Waals surface area contributed by atoms with Crippen molar-refractivity contribution in [1.29, 1.82) is 0 Å². The van der Waals surface area contributed by atoms with Crippen LogP contribution >= 0.6 is 0 Å². The summed E-state index contributed by atoms with van der Waals surface area (Å²) in [6, 6.07) is 10.3. The van der Waals surface area contributed by atoms with Crippen molar-refractivity contribution in [3.05, 3.63) is 58.1 Å². The van der Waals surface area contributed by atoms with Crippen LogP contribution in [0.15, 0.2) is 42.5 Å². The number of rotatable bonds is 7. The lowest BCUT2D eigenvalue weighted by Crippen LogP contribution is -2.22. The Balaban J connectivity index is 2.03. The Morgan fingerprint density at radius 1 is 1.20 bits per heavy atom. The van der Waals surface area contributed by atoms with E-state index >= 15 is 0 Å². The molecule has 2 N–H and O–H groups in total. The van der Waals surface area contributed by atoms with E-state index < -0.39 is 17.4 Å². The molecule has 0 aliphatic heterocycles. The van der Waals surface area contributed by atoms with Gasteiger partial charge in [-0.1, -0.05) is 18.2 Å². The summed E-state index contributed by atoms with van der Waals surface area (Å²) in [6.45, 7) is -1.69. The van der Waals surface area contributed by atoms with Gasteiger partial charge >= 0.3 is 6.61 Å². The van der Waals surface area contributed by atoms with E-state index in [-0.39, 0.29) is 23.7 Å². The Hall–Kier alpha value is -3.23. The predicted molar refractivity (Wildman–Crippen MR) is 88.0 cm³/mol. The molecule has 2 aromatic carbocycles. The Kier molecular flexibility index (Phi) is 5.83. The van der Waals surface area contributed by atoms with Gasteiger partial charge in [0.25, 0.3) is 5.69 Å². The van der Waals surface area contributed by atoms with Crippen LogP contribution in [0, 0.1) is 17.0 Å². The van der Waals surface area contributed by atoms with Crippen molar-refractivity contribution in [2.24, 2.45) is 0 Å². The van der Waals surface area contributed by atoms with Crippen LogP contribution in [0.5, 0.6) is 5.75 Å². The molecule has 0 atom stereocenters. The van der Waals surface area contributed by atoms with Crippen LogP contribution in [-0.2, 0) is 4.79 Å². The number of alkyl halides is 2. The van der Waals surface area contributed by atoms with E-state index in [0.29, 0.717) is 11.3 Å². The van der Waals surface area contributed by atoms with Crippen LogP contribution < -0.4 is 15.4 Å². The maximum absolute atomic E-state index is 12.4. The molecule has 0 radical (unpaired) electrons. The average Bonchev–Trinajstić information content (AvgIpc) is 2.55. The summed E-state index contributed by atoms with van der Waals surface area (Å²) in [6.07, 6.45) is 0. The zero-order valence-corrected chi connectivity index (χ0v) is 13.2. The van der Waals surface area contributed by atoms with E-state index in [1.54, 1.807) is 6.07 Å². The van der Waals surface area contributed by atoms with E-state index in [1.165, 1.54) is 43.3 Å². The minimum absolute atomic E-state index is 0.0863. The molecule has 2 rings (SSSR count). The number of para-hydroxylation sites is 2. The second-order valence-electron chi connectivity index (χ2n) is 4.98. The number of benzene rings is 2. The Labute approximate surface area is 141 Å². The number of nitrogens with zero attached hydrogens (tertiary/aromatic N) is 1. The van der Waals surface area contributed by atoms with Gasteiger partial charge in [-0.2, -0.15) is 8.78 Å². The number of nitro benzene ring substituents is 1. The number of hydrogen-bond acceptors (Lipinski definition) is 5. The highest BCUT2D eigenvalue weighted by Gasteiger charge is 2.15. The van der Waals surface area contributed by atoms with Gasteiger partial charge in [-0.3, -0.25) is 14.9 Å². The van der Waals surface area contributed by atoms with Gasteiger partial charge in [-0.05, 0) is 25.1 Å². The zero-order chi connectivity index (χ0) is 18.4. The molecule has 7 nitrogen and oxygen atoms in total. The highest BCUT2D eigenvalue weighted by molar-refractivity contribution is 5.95. The highest BCUT2D eigenvalue weighted by Crippen LogP contribution is 2.26. The summed E-state index contributed by atoms with van der Waals surface area (Å²) in [5.74, 6) is -0.577. The molecule has 0 saturated heterocycles. The largest absolute Gasteiger partial charge is 0.433 e. The molecule has 0 saturated carbocycles. The number of nitrogens with one attached hydrogen (secondary N) is 2. The quantitative estimate of drug-likeness (QED) is 0.588. The number of anilines is 2. The molecule has 1 amide bonds. The first kappa shape index (κ1) is 18.1. The second-order valence-corrected chi connectivity index (χ2v) is 4.98. The number of carbonyl (C=O) groups excluding carboxylic acids is 1. The summed E-state index contributed by atoms with van der Waals surface area (Å²) in [7, 11) is 0. The molecular weight excluding hydrogens is 336 g/mol. The molecule has 2 aromatic rings.